The van der Waals surface area contributed by atoms with Gasteiger partial charge < -0.3 is 0 Å². The van der Waals surface area contributed by atoms with Crippen LogP contribution in [0.4, 0.5) is 13.2 Å². The van der Waals surface area contributed by atoms with E-state index in [1.165, 1.54) is 4.68 Å². The van der Waals surface area contributed by atoms with Gasteiger partial charge in [-0.2, -0.15) is 13.2 Å². The maximum atomic E-state index is 12.9. The van der Waals surface area contributed by atoms with Gasteiger partial charge in [0, 0.05) is 12.0 Å². The average molecular weight is 277 g/mol. The van der Waals surface area contributed by atoms with Crippen molar-refractivity contribution in [3.63, 3.8) is 0 Å². The molecular formula is C13H22F3N3. The van der Waals surface area contributed by atoms with Crippen LogP contribution in [0.25, 0.3) is 0 Å². The number of alkyl halides is 3. The first-order chi connectivity index (χ1) is 8.68. The Morgan fingerprint density at radius 2 is 1.68 bits per heavy atom. The van der Waals surface area contributed by atoms with Gasteiger partial charge in [-0.1, -0.05) is 52.2 Å². The van der Waals surface area contributed by atoms with Crippen LogP contribution in [-0.4, -0.2) is 15.0 Å². The summed E-state index contributed by atoms with van der Waals surface area (Å²) in [5.41, 5.74) is -1.30. The van der Waals surface area contributed by atoms with Crippen LogP contribution in [0, 0.1) is 0 Å². The number of nitrogens with zero attached hydrogens (tertiary/aromatic N) is 3. The van der Waals surface area contributed by atoms with Crippen molar-refractivity contribution in [1.29, 1.82) is 0 Å². The highest BCUT2D eigenvalue weighted by molar-refractivity contribution is 5.21. The summed E-state index contributed by atoms with van der Waals surface area (Å²) in [5, 5.41) is 7.03. The van der Waals surface area contributed by atoms with Crippen molar-refractivity contribution in [2.45, 2.75) is 71.5 Å². The summed E-state index contributed by atoms with van der Waals surface area (Å²) < 4.78 is 40.2. The third-order valence-electron chi connectivity index (χ3n) is 2.94. The zero-order valence-electron chi connectivity index (χ0n) is 12.0. The van der Waals surface area contributed by atoms with Crippen molar-refractivity contribution in [2.75, 3.05) is 0 Å². The highest BCUT2D eigenvalue weighted by Crippen LogP contribution is 2.35. The minimum Gasteiger partial charge on any atom is -0.248 e. The lowest BCUT2D eigenvalue weighted by Crippen LogP contribution is -2.23. The summed E-state index contributed by atoms with van der Waals surface area (Å²) >= 11 is 0. The minimum atomic E-state index is -4.44. The molecule has 0 aromatic carbocycles. The van der Waals surface area contributed by atoms with Crippen molar-refractivity contribution < 1.29 is 13.2 Å². The van der Waals surface area contributed by atoms with E-state index >= 15 is 0 Å². The molecule has 0 aliphatic heterocycles. The molecule has 0 aliphatic rings. The third kappa shape index (κ3) is 4.21. The molecule has 0 saturated heterocycles. The summed E-state index contributed by atoms with van der Waals surface area (Å²) in [5.74, 6) is 0. The van der Waals surface area contributed by atoms with Gasteiger partial charge in [0.2, 0.25) is 0 Å². The van der Waals surface area contributed by atoms with Crippen LogP contribution in [0.1, 0.15) is 64.8 Å². The molecule has 0 fully saturated rings. The van der Waals surface area contributed by atoms with Crippen LogP contribution in [0.2, 0.25) is 0 Å². The van der Waals surface area contributed by atoms with Crippen LogP contribution in [0.15, 0.2) is 0 Å². The second-order valence-electron chi connectivity index (χ2n) is 5.82. The molecule has 1 aromatic rings. The molecule has 110 valence electrons. The minimum absolute atomic E-state index is 0.177. The van der Waals surface area contributed by atoms with Crippen molar-refractivity contribution in [2.24, 2.45) is 0 Å². The number of halogens is 3. The van der Waals surface area contributed by atoms with Gasteiger partial charge in [0.15, 0.2) is 5.69 Å². The lowest BCUT2D eigenvalue weighted by molar-refractivity contribution is -0.142. The van der Waals surface area contributed by atoms with E-state index in [1.54, 1.807) is 20.8 Å². The summed E-state index contributed by atoms with van der Waals surface area (Å²) in [6.07, 6.45) is -0.424. The Bertz CT molecular complexity index is 402. The SMILES string of the molecule is CCCCCCn1nnc(C(F)(F)F)c1C(C)(C)C. The van der Waals surface area contributed by atoms with Gasteiger partial charge in [-0.3, -0.25) is 0 Å². The van der Waals surface area contributed by atoms with E-state index in [9.17, 15) is 13.2 Å². The van der Waals surface area contributed by atoms with Gasteiger partial charge in [-0.25, -0.2) is 4.68 Å². The number of aromatic nitrogens is 3. The number of aryl methyl sites for hydroxylation is 1. The molecule has 0 amide bonds. The third-order valence-corrected chi connectivity index (χ3v) is 2.94. The molecule has 0 aliphatic carbocycles. The number of hydrogen-bond donors (Lipinski definition) is 0. The largest absolute Gasteiger partial charge is 0.437 e. The monoisotopic (exact) mass is 277 g/mol. The van der Waals surface area contributed by atoms with E-state index in [0.29, 0.717) is 6.54 Å². The molecule has 0 spiro atoms. The topological polar surface area (TPSA) is 30.7 Å². The van der Waals surface area contributed by atoms with E-state index in [0.717, 1.165) is 25.7 Å². The maximum absolute atomic E-state index is 12.9. The predicted octanol–water partition coefficient (Wildman–Crippen LogP) is 4.17. The Morgan fingerprint density at radius 1 is 1.05 bits per heavy atom. The van der Waals surface area contributed by atoms with Crippen molar-refractivity contribution in [3.8, 4) is 0 Å². The average Bonchev–Trinajstić information content (AvgIpc) is 2.67. The smallest absolute Gasteiger partial charge is 0.248 e. The number of hydrogen-bond acceptors (Lipinski definition) is 2. The van der Waals surface area contributed by atoms with Crippen LogP contribution in [0.3, 0.4) is 0 Å². The van der Waals surface area contributed by atoms with Gasteiger partial charge in [-0.05, 0) is 6.42 Å². The van der Waals surface area contributed by atoms with E-state index in [2.05, 4.69) is 17.2 Å². The van der Waals surface area contributed by atoms with E-state index < -0.39 is 17.3 Å². The van der Waals surface area contributed by atoms with Gasteiger partial charge in [-0.15, -0.1) is 5.10 Å². The first-order valence-corrected chi connectivity index (χ1v) is 6.69. The lowest BCUT2D eigenvalue weighted by atomic mass is 9.90. The van der Waals surface area contributed by atoms with E-state index in [1.807, 2.05) is 0 Å². The van der Waals surface area contributed by atoms with Crippen molar-refractivity contribution >= 4 is 0 Å². The maximum Gasteiger partial charge on any atom is 0.437 e. The van der Waals surface area contributed by atoms with Crippen LogP contribution < -0.4 is 0 Å². The van der Waals surface area contributed by atoms with Crippen LogP contribution >= 0.6 is 0 Å². The fourth-order valence-electron chi connectivity index (χ4n) is 2.09. The molecule has 6 heteroatoms. The second kappa shape index (κ2) is 5.92. The summed E-state index contributed by atoms with van der Waals surface area (Å²) in [7, 11) is 0. The van der Waals surface area contributed by atoms with Crippen molar-refractivity contribution in [3.05, 3.63) is 11.4 Å². The zero-order chi connectivity index (χ0) is 14.7. The van der Waals surface area contributed by atoms with Crippen molar-refractivity contribution in [1.82, 2.24) is 15.0 Å². The lowest BCUT2D eigenvalue weighted by Gasteiger charge is -2.22. The number of rotatable bonds is 5. The molecule has 19 heavy (non-hydrogen) atoms. The van der Waals surface area contributed by atoms with E-state index in [4.69, 9.17) is 0 Å². The molecule has 0 bridgehead atoms. The number of unbranched alkanes of at least 4 members (excludes halogenated alkanes) is 3. The normalized spacial score (nSPS) is 13.0. The molecule has 3 nitrogen and oxygen atoms in total. The first-order valence-electron chi connectivity index (χ1n) is 6.69. The van der Waals surface area contributed by atoms with E-state index in [-0.39, 0.29) is 5.69 Å². The molecular weight excluding hydrogens is 255 g/mol. The Labute approximate surface area is 112 Å². The van der Waals surface area contributed by atoms with Crippen LogP contribution in [0.5, 0.6) is 0 Å². The van der Waals surface area contributed by atoms with Crippen LogP contribution in [-0.2, 0) is 18.1 Å². The predicted molar refractivity (Wildman–Crippen MR) is 67.9 cm³/mol. The quantitative estimate of drug-likeness (QED) is 0.756. The molecule has 0 radical (unpaired) electrons. The van der Waals surface area contributed by atoms with Gasteiger partial charge in [0.05, 0.1) is 5.69 Å². The summed E-state index contributed by atoms with van der Waals surface area (Å²) in [4.78, 5) is 0. The fraction of sp³-hybridized carbons (Fsp3) is 0.846. The summed E-state index contributed by atoms with van der Waals surface area (Å²) in [6, 6.07) is 0. The fourth-order valence-corrected chi connectivity index (χ4v) is 2.09. The Kier molecular flexibility index (Phi) is 4.98. The first kappa shape index (κ1) is 16.0. The van der Waals surface area contributed by atoms with Gasteiger partial charge in [0.1, 0.15) is 0 Å². The molecule has 0 unspecified atom stereocenters. The highest BCUT2D eigenvalue weighted by Gasteiger charge is 2.41. The second-order valence-corrected chi connectivity index (χ2v) is 5.82. The van der Waals surface area contributed by atoms with Gasteiger partial charge >= 0.3 is 6.18 Å². The molecule has 1 rings (SSSR count). The molecule has 0 atom stereocenters. The Hall–Kier alpha value is -1.07. The molecule has 0 N–H and O–H groups in total. The Morgan fingerprint density at radius 3 is 2.16 bits per heavy atom. The summed E-state index contributed by atoms with van der Waals surface area (Å²) in [6.45, 7) is 7.85. The Balaban J connectivity index is 2.96. The molecule has 1 aromatic heterocycles. The highest BCUT2D eigenvalue weighted by atomic mass is 19.4. The zero-order valence-corrected chi connectivity index (χ0v) is 12.0. The molecule has 0 saturated carbocycles. The van der Waals surface area contributed by atoms with Gasteiger partial charge in [0.25, 0.3) is 0 Å². The standard InChI is InChI=1S/C13H22F3N3/c1-5-6-7-8-9-19-11(12(2,3)4)10(17-18-19)13(14,15)16/h5-9H2,1-4H3. The molecule has 1 heterocycles.